The molecular formula is C11H13NO3. The number of ether oxygens (including phenoxy) is 2. The highest BCUT2D eigenvalue weighted by Gasteiger charge is 2.20. The van der Waals surface area contributed by atoms with Crippen molar-refractivity contribution in [2.24, 2.45) is 0 Å². The zero-order chi connectivity index (χ0) is 10.7. The summed E-state index contributed by atoms with van der Waals surface area (Å²) in [6.07, 6.45) is 0.458. The molecule has 0 spiro atoms. The van der Waals surface area contributed by atoms with Crippen molar-refractivity contribution < 1.29 is 14.3 Å². The maximum atomic E-state index is 11.0. The average molecular weight is 207 g/mol. The molecule has 1 heterocycles. The number of hydrogen-bond donors (Lipinski definition) is 1. The van der Waals surface area contributed by atoms with Crippen LogP contribution in [0, 0.1) is 0 Å². The lowest BCUT2D eigenvalue weighted by molar-refractivity contribution is 0.115. The SMILES string of the molecule is COc1ccc(C2CCOC(=O)N2)cc1. The predicted molar refractivity (Wildman–Crippen MR) is 54.8 cm³/mol. The first-order valence-electron chi connectivity index (χ1n) is 4.87. The highest BCUT2D eigenvalue weighted by molar-refractivity contribution is 5.68. The van der Waals surface area contributed by atoms with Crippen LogP contribution in [0.5, 0.6) is 5.75 Å². The predicted octanol–water partition coefficient (Wildman–Crippen LogP) is 1.87. The molecule has 0 aliphatic carbocycles. The van der Waals surface area contributed by atoms with Crippen LogP contribution in [-0.4, -0.2) is 19.8 Å². The van der Waals surface area contributed by atoms with Crippen molar-refractivity contribution in [2.75, 3.05) is 13.7 Å². The zero-order valence-corrected chi connectivity index (χ0v) is 8.53. The van der Waals surface area contributed by atoms with E-state index in [1.807, 2.05) is 24.3 Å². The number of rotatable bonds is 2. The largest absolute Gasteiger partial charge is 0.497 e. The van der Waals surface area contributed by atoms with Gasteiger partial charge in [-0.25, -0.2) is 4.79 Å². The standard InChI is InChI=1S/C11H13NO3/c1-14-9-4-2-8(3-5-9)10-6-7-15-11(13)12-10/h2-5,10H,6-7H2,1H3,(H,12,13). The third kappa shape index (κ3) is 2.21. The van der Waals surface area contributed by atoms with E-state index in [0.29, 0.717) is 6.61 Å². The van der Waals surface area contributed by atoms with Crippen molar-refractivity contribution in [1.29, 1.82) is 0 Å². The van der Waals surface area contributed by atoms with Crippen LogP contribution in [0.1, 0.15) is 18.0 Å². The van der Waals surface area contributed by atoms with Gasteiger partial charge in [0.1, 0.15) is 5.75 Å². The second-order valence-corrected chi connectivity index (χ2v) is 3.39. The molecule has 1 atom stereocenters. The third-order valence-corrected chi connectivity index (χ3v) is 2.45. The molecular weight excluding hydrogens is 194 g/mol. The average Bonchev–Trinajstić information content (AvgIpc) is 2.29. The van der Waals surface area contributed by atoms with Gasteiger partial charge in [-0.05, 0) is 17.7 Å². The molecule has 1 aromatic carbocycles. The monoisotopic (exact) mass is 207 g/mol. The van der Waals surface area contributed by atoms with E-state index in [2.05, 4.69) is 5.32 Å². The smallest absolute Gasteiger partial charge is 0.407 e. The molecule has 4 nitrogen and oxygen atoms in total. The summed E-state index contributed by atoms with van der Waals surface area (Å²) >= 11 is 0. The van der Waals surface area contributed by atoms with E-state index >= 15 is 0 Å². The van der Waals surface area contributed by atoms with Crippen LogP contribution >= 0.6 is 0 Å². The number of amides is 1. The van der Waals surface area contributed by atoms with E-state index in [1.54, 1.807) is 7.11 Å². The van der Waals surface area contributed by atoms with Gasteiger partial charge in [0.2, 0.25) is 0 Å². The van der Waals surface area contributed by atoms with Crippen LogP contribution in [0.25, 0.3) is 0 Å². The van der Waals surface area contributed by atoms with E-state index < -0.39 is 0 Å². The van der Waals surface area contributed by atoms with Gasteiger partial charge < -0.3 is 14.8 Å². The molecule has 0 saturated carbocycles. The number of nitrogens with one attached hydrogen (secondary N) is 1. The molecule has 1 saturated heterocycles. The van der Waals surface area contributed by atoms with E-state index in [1.165, 1.54) is 0 Å². The first-order valence-corrected chi connectivity index (χ1v) is 4.87. The van der Waals surface area contributed by atoms with Gasteiger partial charge in [0.25, 0.3) is 0 Å². The number of carbonyl (C=O) groups is 1. The Bertz CT molecular complexity index is 347. The van der Waals surface area contributed by atoms with Gasteiger partial charge in [-0.1, -0.05) is 12.1 Å². The number of hydrogen-bond acceptors (Lipinski definition) is 3. The Balaban J connectivity index is 2.11. The Morgan fingerprint density at radius 3 is 2.73 bits per heavy atom. The summed E-state index contributed by atoms with van der Waals surface area (Å²) in [5.74, 6) is 0.817. The summed E-state index contributed by atoms with van der Waals surface area (Å²) in [4.78, 5) is 11.0. The van der Waals surface area contributed by atoms with E-state index in [4.69, 9.17) is 9.47 Å². The highest BCUT2D eigenvalue weighted by Crippen LogP contribution is 2.22. The van der Waals surface area contributed by atoms with Gasteiger partial charge in [-0.3, -0.25) is 0 Å². The fraction of sp³-hybridized carbons (Fsp3) is 0.364. The lowest BCUT2D eigenvalue weighted by Gasteiger charge is -2.23. The van der Waals surface area contributed by atoms with E-state index in [0.717, 1.165) is 17.7 Å². The van der Waals surface area contributed by atoms with Gasteiger partial charge in [0, 0.05) is 6.42 Å². The van der Waals surface area contributed by atoms with Crippen LogP contribution < -0.4 is 10.1 Å². The van der Waals surface area contributed by atoms with Gasteiger partial charge >= 0.3 is 6.09 Å². The lowest BCUT2D eigenvalue weighted by atomic mass is 10.0. The molecule has 1 aliphatic rings. The van der Waals surface area contributed by atoms with Crippen molar-refractivity contribution in [3.63, 3.8) is 0 Å². The van der Waals surface area contributed by atoms with Crippen LogP contribution in [0.2, 0.25) is 0 Å². The minimum atomic E-state index is -0.345. The van der Waals surface area contributed by atoms with Crippen LogP contribution in [0.15, 0.2) is 24.3 Å². The molecule has 80 valence electrons. The second kappa shape index (κ2) is 4.21. The summed E-state index contributed by atoms with van der Waals surface area (Å²) in [5.41, 5.74) is 1.08. The second-order valence-electron chi connectivity index (χ2n) is 3.39. The Morgan fingerprint density at radius 1 is 1.40 bits per heavy atom. The molecule has 15 heavy (non-hydrogen) atoms. The zero-order valence-electron chi connectivity index (χ0n) is 8.53. The van der Waals surface area contributed by atoms with Gasteiger partial charge in [-0.2, -0.15) is 0 Å². The van der Waals surface area contributed by atoms with Crippen molar-refractivity contribution in [3.8, 4) is 5.75 Å². The first-order chi connectivity index (χ1) is 7.29. The Hall–Kier alpha value is -1.71. The normalized spacial score (nSPS) is 20.3. The fourth-order valence-corrected chi connectivity index (χ4v) is 1.61. The van der Waals surface area contributed by atoms with Crippen LogP contribution in [0.4, 0.5) is 4.79 Å². The van der Waals surface area contributed by atoms with Crippen molar-refractivity contribution in [1.82, 2.24) is 5.32 Å². The molecule has 1 unspecified atom stereocenters. The summed E-state index contributed by atoms with van der Waals surface area (Å²) in [6, 6.07) is 7.73. The Kier molecular flexibility index (Phi) is 2.76. The van der Waals surface area contributed by atoms with Crippen LogP contribution in [-0.2, 0) is 4.74 Å². The van der Waals surface area contributed by atoms with Crippen molar-refractivity contribution >= 4 is 6.09 Å². The quantitative estimate of drug-likeness (QED) is 0.805. The molecule has 0 aromatic heterocycles. The van der Waals surface area contributed by atoms with Gasteiger partial charge in [0.15, 0.2) is 0 Å². The maximum absolute atomic E-state index is 11.0. The minimum absolute atomic E-state index is 0.0529. The molecule has 1 N–H and O–H groups in total. The Morgan fingerprint density at radius 2 is 2.13 bits per heavy atom. The van der Waals surface area contributed by atoms with E-state index in [9.17, 15) is 4.79 Å². The molecule has 0 bridgehead atoms. The van der Waals surface area contributed by atoms with Crippen molar-refractivity contribution in [3.05, 3.63) is 29.8 Å². The topological polar surface area (TPSA) is 47.6 Å². The van der Waals surface area contributed by atoms with Gasteiger partial charge in [0.05, 0.1) is 19.8 Å². The summed E-state index contributed by atoms with van der Waals surface area (Å²) in [6.45, 7) is 0.475. The highest BCUT2D eigenvalue weighted by atomic mass is 16.5. The minimum Gasteiger partial charge on any atom is -0.497 e. The molecule has 1 amide bonds. The fourth-order valence-electron chi connectivity index (χ4n) is 1.61. The van der Waals surface area contributed by atoms with E-state index in [-0.39, 0.29) is 12.1 Å². The number of methoxy groups -OCH3 is 1. The molecule has 4 heteroatoms. The van der Waals surface area contributed by atoms with Crippen LogP contribution in [0.3, 0.4) is 0 Å². The number of alkyl carbamates (subject to hydrolysis) is 1. The number of carbonyl (C=O) groups excluding carboxylic acids is 1. The Labute approximate surface area is 88.2 Å². The summed E-state index contributed by atoms with van der Waals surface area (Å²) in [5, 5.41) is 2.77. The number of cyclic esters (lactones) is 1. The lowest BCUT2D eigenvalue weighted by Crippen LogP contribution is -2.35. The maximum Gasteiger partial charge on any atom is 0.407 e. The molecule has 1 aromatic rings. The van der Waals surface area contributed by atoms with Gasteiger partial charge in [-0.15, -0.1) is 0 Å². The summed E-state index contributed by atoms with van der Waals surface area (Å²) < 4.78 is 9.87. The molecule has 0 radical (unpaired) electrons. The number of benzene rings is 1. The molecule has 1 fully saturated rings. The first kappa shape index (κ1) is 9.83. The summed E-state index contributed by atoms with van der Waals surface area (Å²) in [7, 11) is 1.63. The molecule has 2 rings (SSSR count). The molecule has 1 aliphatic heterocycles. The van der Waals surface area contributed by atoms with Crippen molar-refractivity contribution in [2.45, 2.75) is 12.5 Å². The third-order valence-electron chi connectivity index (χ3n) is 2.45.